The number of piperazine rings is 1. The van der Waals surface area contributed by atoms with Gasteiger partial charge in [0, 0.05) is 37.8 Å². The van der Waals surface area contributed by atoms with E-state index in [1.54, 1.807) is 7.11 Å². The Balaban J connectivity index is 0.00000200. The lowest BCUT2D eigenvalue weighted by molar-refractivity contribution is 0.0603. The Morgan fingerprint density at radius 2 is 2.00 bits per heavy atom. The van der Waals surface area contributed by atoms with Gasteiger partial charge in [-0.2, -0.15) is 0 Å². The van der Waals surface area contributed by atoms with Crippen molar-refractivity contribution in [3.05, 3.63) is 35.4 Å². The molecular formula is C15H23ClN2O2. The van der Waals surface area contributed by atoms with E-state index in [0.29, 0.717) is 12.6 Å². The minimum atomic E-state index is 0. The van der Waals surface area contributed by atoms with Crippen LogP contribution in [0.2, 0.25) is 0 Å². The van der Waals surface area contributed by atoms with E-state index in [0.717, 1.165) is 24.2 Å². The van der Waals surface area contributed by atoms with E-state index in [1.165, 1.54) is 0 Å². The molecule has 1 N–H and O–H groups in total. The summed E-state index contributed by atoms with van der Waals surface area (Å²) < 4.78 is 5.07. The summed E-state index contributed by atoms with van der Waals surface area (Å²) in [4.78, 5) is 14.4. The molecule has 2 atom stereocenters. The third-order valence-corrected chi connectivity index (χ3v) is 3.81. The summed E-state index contributed by atoms with van der Waals surface area (Å²) in [5.74, 6) is 0.116. The van der Waals surface area contributed by atoms with Gasteiger partial charge in [-0.15, -0.1) is 12.4 Å². The molecule has 1 fully saturated rings. The molecule has 0 bridgehead atoms. The van der Waals surface area contributed by atoms with Crippen molar-refractivity contribution in [3.63, 3.8) is 0 Å². The highest BCUT2D eigenvalue weighted by molar-refractivity contribution is 5.94. The minimum Gasteiger partial charge on any atom is -0.380 e. The van der Waals surface area contributed by atoms with E-state index in [-0.39, 0.29) is 24.4 Å². The molecule has 1 heterocycles. The molecule has 4 nitrogen and oxygen atoms in total. The lowest BCUT2D eigenvalue weighted by Crippen LogP contribution is -2.57. The first-order valence-corrected chi connectivity index (χ1v) is 6.75. The monoisotopic (exact) mass is 298 g/mol. The van der Waals surface area contributed by atoms with Crippen molar-refractivity contribution in [2.75, 3.05) is 20.2 Å². The van der Waals surface area contributed by atoms with Crippen molar-refractivity contribution in [1.82, 2.24) is 10.2 Å². The van der Waals surface area contributed by atoms with Gasteiger partial charge in [-0.25, -0.2) is 0 Å². The Hall–Kier alpha value is -1.10. The third-order valence-electron chi connectivity index (χ3n) is 3.81. The van der Waals surface area contributed by atoms with Crippen molar-refractivity contribution >= 4 is 18.3 Å². The van der Waals surface area contributed by atoms with Gasteiger partial charge < -0.3 is 15.0 Å². The first kappa shape index (κ1) is 17.0. The van der Waals surface area contributed by atoms with E-state index in [1.807, 2.05) is 29.2 Å². The maximum absolute atomic E-state index is 12.5. The summed E-state index contributed by atoms with van der Waals surface area (Å²) in [5.41, 5.74) is 1.83. The number of nitrogens with zero attached hydrogens (tertiary/aromatic N) is 1. The van der Waals surface area contributed by atoms with Gasteiger partial charge in [0.25, 0.3) is 5.91 Å². The van der Waals surface area contributed by atoms with Gasteiger partial charge in [-0.3, -0.25) is 4.79 Å². The molecule has 5 heteroatoms. The SMILES string of the molecule is COCc1ccc(C(=O)N2CCNC(C)C2C)cc1.Cl. The van der Waals surface area contributed by atoms with E-state index in [2.05, 4.69) is 19.2 Å². The summed E-state index contributed by atoms with van der Waals surface area (Å²) in [7, 11) is 1.67. The summed E-state index contributed by atoms with van der Waals surface area (Å²) in [6.07, 6.45) is 0. The molecule has 1 aliphatic rings. The lowest BCUT2D eigenvalue weighted by Gasteiger charge is -2.38. The number of halogens is 1. The molecule has 1 amide bonds. The van der Waals surface area contributed by atoms with Gasteiger partial charge in [-0.1, -0.05) is 12.1 Å². The fourth-order valence-electron chi connectivity index (χ4n) is 2.42. The second kappa shape index (κ2) is 7.62. The van der Waals surface area contributed by atoms with Gasteiger partial charge in [0.05, 0.1) is 6.61 Å². The van der Waals surface area contributed by atoms with E-state index < -0.39 is 0 Å². The number of methoxy groups -OCH3 is 1. The molecule has 2 unspecified atom stereocenters. The highest BCUT2D eigenvalue weighted by Gasteiger charge is 2.28. The van der Waals surface area contributed by atoms with Crippen LogP contribution in [0.3, 0.4) is 0 Å². The van der Waals surface area contributed by atoms with Crippen LogP contribution in [0.15, 0.2) is 24.3 Å². The standard InChI is InChI=1S/C15H22N2O2.ClH/c1-11-12(2)17(9-8-16-11)15(18)14-6-4-13(5-7-14)10-19-3;/h4-7,11-12,16H,8-10H2,1-3H3;1H. The van der Waals surface area contributed by atoms with Crippen molar-refractivity contribution < 1.29 is 9.53 Å². The highest BCUT2D eigenvalue weighted by Crippen LogP contribution is 2.14. The predicted octanol–water partition coefficient (Wildman–Crippen LogP) is 2.08. The van der Waals surface area contributed by atoms with Crippen LogP contribution in [-0.4, -0.2) is 43.1 Å². The molecule has 0 aromatic heterocycles. The van der Waals surface area contributed by atoms with Crippen LogP contribution in [0.25, 0.3) is 0 Å². The first-order valence-electron chi connectivity index (χ1n) is 6.75. The Morgan fingerprint density at radius 3 is 2.60 bits per heavy atom. The molecule has 0 radical (unpaired) electrons. The highest BCUT2D eigenvalue weighted by atomic mass is 35.5. The van der Waals surface area contributed by atoms with Gasteiger partial charge in [0.15, 0.2) is 0 Å². The number of ether oxygens (including phenoxy) is 1. The fourth-order valence-corrected chi connectivity index (χ4v) is 2.42. The molecule has 112 valence electrons. The molecule has 1 aromatic rings. The zero-order chi connectivity index (χ0) is 13.8. The molecule has 20 heavy (non-hydrogen) atoms. The summed E-state index contributed by atoms with van der Waals surface area (Å²) in [5, 5.41) is 3.38. The first-order chi connectivity index (χ1) is 9.13. The maximum Gasteiger partial charge on any atom is 0.254 e. The van der Waals surface area contributed by atoms with E-state index in [4.69, 9.17) is 4.74 Å². The summed E-state index contributed by atoms with van der Waals surface area (Å²) in [6.45, 7) is 6.42. The van der Waals surface area contributed by atoms with Crippen LogP contribution in [0.5, 0.6) is 0 Å². The smallest absolute Gasteiger partial charge is 0.254 e. The zero-order valence-corrected chi connectivity index (χ0v) is 13.1. The number of carbonyl (C=O) groups excluding carboxylic acids is 1. The second-order valence-corrected chi connectivity index (χ2v) is 5.11. The summed E-state index contributed by atoms with van der Waals surface area (Å²) >= 11 is 0. The average molecular weight is 299 g/mol. The molecule has 0 spiro atoms. The molecule has 0 aliphatic carbocycles. The fraction of sp³-hybridized carbons (Fsp3) is 0.533. The molecule has 1 aliphatic heterocycles. The van der Waals surface area contributed by atoms with Crippen LogP contribution in [0.4, 0.5) is 0 Å². The Bertz CT molecular complexity index is 436. The number of hydrogen-bond donors (Lipinski definition) is 1. The van der Waals surface area contributed by atoms with E-state index in [9.17, 15) is 4.79 Å². The number of amides is 1. The van der Waals surface area contributed by atoms with Crippen molar-refractivity contribution in [2.24, 2.45) is 0 Å². The van der Waals surface area contributed by atoms with E-state index >= 15 is 0 Å². The quantitative estimate of drug-likeness (QED) is 0.929. The Kier molecular flexibility index (Phi) is 6.46. The molecule has 1 saturated heterocycles. The van der Waals surface area contributed by atoms with Crippen LogP contribution in [0.1, 0.15) is 29.8 Å². The number of rotatable bonds is 3. The second-order valence-electron chi connectivity index (χ2n) is 5.11. The van der Waals surface area contributed by atoms with Gasteiger partial charge in [-0.05, 0) is 31.5 Å². The van der Waals surface area contributed by atoms with Crippen LogP contribution in [-0.2, 0) is 11.3 Å². The average Bonchev–Trinajstić information content (AvgIpc) is 2.42. The van der Waals surface area contributed by atoms with Crippen LogP contribution < -0.4 is 5.32 Å². The molecule has 2 rings (SSSR count). The molecule has 0 saturated carbocycles. The zero-order valence-electron chi connectivity index (χ0n) is 12.3. The van der Waals surface area contributed by atoms with Gasteiger partial charge in [0.2, 0.25) is 0 Å². The maximum atomic E-state index is 12.5. The number of hydrogen-bond acceptors (Lipinski definition) is 3. The lowest BCUT2D eigenvalue weighted by atomic mass is 10.0. The van der Waals surface area contributed by atoms with Gasteiger partial charge in [0.1, 0.15) is 0 Å². The normalized spacial score (nSPS) is 22.2. The Labute approximate surface area is 126 Å². The van der Waals surface area contributed by atoms with Gasteiger partial charge >= 0.3 is 0 Å². The largest absolute Gasteiger partial charge is 0.380 e. The van der Waals surface area contributed by atoms with Crippen molar-refractivity contribution in [3.8, 4) is 0 Å². The third kappa shape index (κ3) is 3.72. The molecular weight excluding hydrogens is 276 g/mol. The topological polar surface area (TPSA) is 41.6 Å². The predicted molar refractivity (Wildman–Crippen MR) is 82.4 cm³/mol. The van der Waals surface area contributed by atoms with Crippen molar-refractivity contribution in [2.45, 2.75) is 32.5 Å². The number of carbonyl (C=O) groups is 1. The summed E-state index contributed by atoms with van der Waals surface area (Å²) in [6, 6.07) is 8.23. The van der Waals surface area contributed by atoms with Crippen LogP contribution >= 0.6 is 12.4 Å². The number of nitrogens with one attached hydrogen (secondary N) is 1. The Morgan fingerprint density at radius 1 is 1.35 bits per heavy atom. The van der Waals surface area contributed by atoms with Crippen LogP contribution in [0, 0.1) is 0 Å². The number of benzene rings is 1. The minimum absolute atomic E-state index is 0. The van der Waals surface area contributed by atoms with Crippen molar-refractivity contribution in [1.29, 1.82) is 0 Å². The molecule has 1 aromatic carbocycles.